The summed E-state index contributed by atoms with van der Waals surface area (Å²) in [5.41, 5.74) is 0. The molecular formula is C13H19F2NS. The zero-order chi connectivity index (χ0) is 12.7. The molecule has 17 heavy (non-hydrogen) atoms. The number of hydrogen-bond acceptors (Lipinski definition) is 2. The summed E-state index contributed by atoms with van der Waals surface area (Å²) in [5, 5.41) is 3.34. The van der Waals surface area contributed by atoms with Crippen molar-refractivity contribution in [3.8, 4) is 0 Å². The summed E-state index contributed by atoms with van der Waals surface area (Å²) in [4.78, 5) is 0.785. The summed E-state index contributed by atoms with van der Waals surface area (Å²) in [6.07, 6.45) is 1.02. The van der Waals surface area contributed by atoms with Gasteiger partial charge in [0.05, 0.1) is 0 Å². The van der Waals surface area contributed by atoms with Crippen LogP contribution in [0.15, 0.2) is 23.1 Å². The highest BCUT2D eigenvalue weighted by atomic mass is 32.2. The van der Waals surface area contributed by atoms with Crippen LogP contribution in [0.25, 0.3) is 0 Å². The average molecular weight is 259 g/mol. The van der Waals surface area contributed by atoms with Gasteiger partial charge in [0.2, 0.25) is 0 Å². The minimum atomic E-state index is -0.784. The Balaban J connectivity index is 2.16. The molecule has 0 aliphatic rings. The smallest absolute Gasteiger partial charge is 0.159 e. The van der Waals surface area contributed by atoms with E-state index in [9.17, 15) is 8.78 Å². The van der Waals surface area contributed by atoms with Gasteiger partial charge >= 0.3 is 0 Å². The molecule has 0 aliphatic heterocycles. The molecule has 0 saturated carbocycles. The summed E-state index contributed by atoms with van der Waals surface area (Å²) < 4.78 is 25.6. The highest BCUT2D eigenvalue weighted by Gasteiger charge is 2.02. The third kappa shape index (κ3) is 6.03. The van der Waals surface area contributed by atoms with Gasteiger partial charge in [-0.05, 0) is 49.4 Å². The number of benzene rings is 1. The molecular weight excluding hydrogens is 240 g/mol. The Kier molecular flexibility index (Phi) is 6.52. The standard InChI is InChI=1S/C13H19F2NS/c1-10(2)9-16-6-3-7-17-11-4-5-12(14)13(15)8-11/h4-5,8,10,16H,3,6-7,9H2,1-2H3. The van der Waals surface area contributed by atoms with Gasteiger partial charge in [0, 0.05) is 4.90 Å². The number of rotatable bonds is 7. The molecule has 1 rings (SSSR count). The van der Waals surface area contributed by atoms with Gasteiger partial charge in [0.15, 0.2) is 11.6 Å². The van der Waals surface area contributed by atoms with E-state index in [2.05, 4.69) is 19.2 Å². The Bertz CT molecular complexity index is 342. The highest BCUT2D eigenvalue weighted by Crippen LogP contribution is 2.20. The van der Waals surface area contributed by atoms with E-state index in [0.717, 1.165) is 30.2 Å². The third-order valence-electron chi connectivity index (χ3n) is 2.21. The Morgan fingerprint density at radius 3 is 2.65 bits per heavy atom. The molecule has 4 heteroatoms. The maximum atomic E-state index is 12.9. The van der Waals surface area contributed by atoms with Gasteiger partial charge in [0.1, 0.15) is 0 Å². The molecule has 0 saturated heterocycles. The van der Waals surface area contributed by atoms with Gasteiger partial charge in [-0.25, -0.2) is 8.78 Å². The van der Waals surface area contributed by atoms with Gasteiger partial charge in [-0.15, -0.1) is 11.8 Å². The molecule has 0 amide bonds. The lowest BCUT2D eigenvalue weighted by molar-refractivity contribution is 0.506. The van der Waals surface area contributed by atoms with E-state index in [1.807, 2.05) is 0 Å². The second-order valence-corrected chi connectivity index (χ2v) is 5.54. The fourth-order valence-electron chi connectivity index (χ4n) is 1.34. The fraction of sp³-hybridized carbons (Fsp3) is 0.538. The Labute approximate surface area is 106 Å². The van der Waals surface area contributed by atoms with Crippen molar-refractivity contribution in [1.82, 2.24) is 5.32 Å². The normalized spacial score (nSPS) is 11.1. The fourth-order valence-corrected chi connectivity index (χ4v) is 2.22. The van der Waals surface area contributed by atoms with Crippen molar-refractivity contribution in [2.75, 3.05) is 18.8 Å². The minimum Gasteiger partial charge on any atom is -0.316 e. The summed E-state index contributed by atoms with van der Waals surface area (Å²) in [6.45, 7) is 6.33. The van der Waals surface area contributed by atoms with Crippen LogP contribution >= 0.6 is 11.8 Å². The number of thioether (sulfide) groups is 1. The molecule has 0 unspecified atom stereocenters. The lowest BCUT2D eigenvalue weighted by atomic mass is 10.2. The zero-order valence-corrected chi connectivity index (χ0v) is 11.1. The quantitative estimate of drug-likeness (QED) is 0.592. The number of hydrogen-bond donors (Lipinski definition) is 1. The molecule has 0 aliphatic carbocycles. The molecule has 0 atom stereocenters. The van der Waals surface area contributed by atoms with Crippen molar-refractivity contribution < 1.29 is 8.78 Å². The van der Waals surface area contributed by atoms with Gasteiger partial charge in [0.25, 0.3) is 0 Å². The summed E-state index contributed by atoms with van der Waals surface area (Å²) >= 11 is 1.56. The minimum absolute atomic E-state index is 0.661. The lowest BCUT2D eigenvalue weighted by Crippen LogP contribution is -2.21. The van der Waals surface area contributed by atoms with Crippen LogP contribution in [0, 0.1) is 17.6 Å². The van der Waals surface area contributed by atoms with Crippen molar-refractivity contribution in [1.29, 1.82) is 0 Å². The van der Waals surface area contributed by atoms with Gasteiger partial charge < -0.3 is 5.32 Å². The Morgan fingerprint density at radius 2 is 2.00 bits per heavy atom. The SMILES string of the molecule is CC(C)CNCCCSc1ccc(F)c(F)c1. The van der Waals surface area contributed by atoms with Crippen LogP contribution in [0.4, 0.5) is 8.78 Å². The first-order chi connectivity index (χ1) is 8.09. The van der Waals surface area contributed by atoms with E-state index >= 15 is 0 Å². The third-order valence-corrected chi connectivity index (χ3v) is 3.29. The number of nitrogens with one attached hydrogen (secondary N) is 1. The predicted molar refractivity (Wildman–Crippen MR) is 69.4 cm³/mol. The Hall–Kier alpha value is -0.610. The van der Waals surface area contributed by atoms with Gasteiger partial charge in [-0.2, -0.15) is 0 Å². The second kappa shape index (κ2) is 7.67. The second-order valence-electron chi connectivity index (χ2n) is 4.38. The zero-order valence-electron chi connectivity index (χ0n) is 10.3. The summed E-state index contributed by atoms with van der Waals surface area (Å²) in [7, 11) is 0. The van der Waals surface area contributed by atoms with Crippen molar-refractivity contribution in [2.45, 2.75) is 25.2 Å². The topological polar surface area (TPSA) is 12.0 Å². The predicted octanol–water partition coefficient (Wildman–Crippen LogP) is 3.69. The first-order valence-electron chi connectivity index (χ1n) is 5.88. The van der Waals surface area contributed by atoms with Crippen LogP contribution in [0.2, 0.25) is 0 Å². The average Bonchev–Trinajstić information content (AvgIpc) is 2.27. The van der Waals surface area contributed by atoms with Crippen LogP contribution in [0.5, 0.6) is 0 Å². The first-order valence-corrected chi connectivity index (χ1v) is 6.86. The van der Waals surface area contributed by atoms with E-state index < -0.39 is 11.6 Å². The lowest BCUT2D eigenvalue weighted by Gasteiger charge is -2.07. The molecule has 1 aromatic carbocycles. The van der Waals surface area contributed by atoms with Crippen LogP contribution in [-0.2, 0) is 0 Å². The molecule has 0 aromatic heterocycles. The van der Waals surface area contributed by atoms with Gasteiger partial charge in [-0.3, -0.25) is 0 Å². The molecule has 1 aromatic rings. The molecule has 0 bridgehead atoms. The van der Waals surface area contributed by atoms with Crippen LogP contribution in [0.1, 0.15) is 20.3 Å². The van der Waals surface area contributed by atoms with Crippen LogP contribution in [-0.4, -0.2) is 18.8 Å². The van der Waals surface area contributed by atoms with Crippen LogP contribution < -0.4 is 5.32 Å². The van der Waals surface area contributed by atoms with E-state index in [-0.39, 0.29) is 0 Å². The molecule has 1 nitrogen and oxygen atoms in total. The van der Waals surface area contributed by atoms with E-state index in [0.29, 0.717) is 5.92 Å². The monoisotopic (exact) mass is 259 g/mol. The van der Waals surface area contributed by atoms with Crippen molar-refractivity contribution >= 4 is 11.8 Å². The van der Waals surface area contributed by atoms with Crippen molar-refractivity contribution in [3.05, 3.63) is 29.8 Å². The van der Waals surface area contributed by atoms with E-state index in [1.54, 1.807) is 17.8 Å². The molecule has 96 valence electrons. The van der Waals surface area contributed by atoms with E-state index in [1.165, 1.54) is 12.1 Å². The summed E-state index contributed by atoms with van der Waals surface area (Å²) in [5.74, 6) is 0.0191. The highest BCUT2D eigenvalue weighted by molar-refractivity contribution is 7.99. The maximum absolute atomic E-state index is 12.9. The van der Waals surface area contributed by atoms with Crippen molar-refractivity contribution in [2.24, 2.45) is 5.92 Å². The van der Waals surface area contributed by atoms with Gasteiger partial charge in [-0.1, -0.05) is 13.8 Å². The number of halogens is 2. The summed E-state index contributed by atoms with van der Waals surface area (Å²) in [6, 6.07) is 4.04. The molecule has 0 fully saturated rings. The van der Waals surface area contributed by atoms with E-state index in [4.69, 9.17) is 0 Å². The molecule has 0 radical (unpaired) electrons. The first kappa shape index (κ1) is 14.5. The Morgan fingerprint density at radius 1 is 1.24 bits per heavy atom. The maximum Gasteiger partial charge on any atom is 0.159 e. The molecule has 0 spiro atoms. The molecule has 0 heterocycles. The molecule has 1 N–H and O–H groups in total. The van der Waals surface area contributed by atoms with Crippen LogP contribution in [0.3, 0.4) is 0 Å². The largest absolute Gasteiger partial charge is 0.316 e. The van der Waals surface area contributed by atoms with Crippen molar-refractivity contribution in [3.63, 3.8) is 0 Å².